The molecule has 1 amide bonds. The summed E-state index contributed by atoms with van der Waals surface area (Å²) in [5.74, 6) is -2.41. The predicted octanol–water partition coefficient (Wildman–Crippen LogP) is 4.29. The molecule has 0 fully saturated rings. The molecule has 1 N–H and O–H groups in total. The Morgan fingerprint density at radius 2 is 2.12 bits per heavy atom. The van der Waals surface area contributed by atoms with Gasteiger partial charge in [0, 0.05) is 4.88 Å². The number of hydrogen-bond acceptors (Lipinski definition) is 6. The van der Waals surface area contributed by atoms with Crippen molar-refractivity contribution in [2.75, 3.05) is 11.9 Å². The van der Waals surface area contributed by atoms with Gasteiger partial charge in [-0.1, -0.05) is 19.1 Å². The number of imidazole rings is 1. The molecule has 7 nitrogen and oxygen atoms in total. The molecule has 4 rings (SSSR count). The Morgan fingerprint density at radius 3 is 2.85 bits per heavy atom. The zero-order valence-corrected chi connectivity index (χ0v) is 18.3. The number of anilines is 1. The first kappa shape index (κ1) is 22.8. The number of esters is 1. The maximum atomic E-state index is 13.4. The molecule has 2 heterocycles. The summed E-state index contributed by atoms with van der Waals surface area (Å²) in [6.07, 6.45) is -2.20. The van der Waals surface area contributed by atoms with E-state index in [2.05, 4.69) is 23.3 Å². The average Bonchev–Trinajstić information content (AvgIpc) is 3.29. The number of aromatic nitrogens is 2. The standard InChI is InChI=1S/C22H19F3N4O3S/c1-12-6-7-13-14(9-26)20(33-17(13)8-12)28-18(30)11-32-19(31)10-29-16-5-3-2-4-15(16)27-21(29)22(23,24)25/h2-5,12H,6-8,10-11H2,1H3,(H,28,30). The summed E-state index contributed by atoms with van der Waals surface area (Å²) in [5.41, 5.74) is 1.58. The van der Waals surface area contributed by atoms with E-state index in [9.17, 15) is 28.0 Å². The number of hydrogen-bond donors (Lipinski definition) is 1. The van der Waals surface area contributed by atoms with Gasteiger partial charge in [0.05, 0.1) is 16.6 Å². The smallest absolute Gasteiger partial charge is 0.449 e. The van der Waals surface area contributed by atoms with Crippen LogP contribution >= 0.6 is 11.3 Å². The van der Waals surface area contributed by atoms with Crippen LogP contribution in [0.15, 0.2) is 24.3 Å². The number of carbonyl (C=O) groups excluding carboxylic acids is 2. The van der Waals surface area contributed by atoms with Crippen LogP contribution in [0.25, 0.3) is 11.0 Å². The van der Waals surface area contributed by atoms with Gasteiger partial charge in [0.15, 0.2) is 6.61 Å². The molecule has 0 radical (unpaired) electrons. The molecular weight excluding hydrogens is 457 g/mol. The molecule has 11 heteroatoms. The van der Waals surface area contributed by atoms with E-state index in [0.717, 1.165) is 34.3 Å². The minimum absolute atomic E-state index is 0.0929. The van der Waals surface area contributed by atoms with Crippen LogP contribution in [-0.2, 0) is 39.9 Å². The molecule has 1 atom stereocenters. The summed E-state index contributed by atoms with van der Waals surface area (Å²) in [6.45, 7) is 0.689. The van der Waals surface area contributed by atoms with Gasteiger partial charge in [-0.15, -0.1) is 11.3 Å². The topological polar surface area (TPSA) is 97.0 Å². The number of para-hydroxylation sites is 2. The Balaban J connectivity index is 1.43. The van der Waals surface area contributed by atoms with Gasteiger partial charge >= 0.3 is 12.1 Å². The number of alkyl halides is 3. The summed E-state index contributed by atoms with van der Waals surface area (Å²) in [6, 6.07) is 8.03. The number of benzene rings is 1. The van der Waals surface area contributed by atoms with Gasteiger partial charge in [-0.05, 0) is 42.9 Å². The molecule has 1 aliphatic rings. The van der Waals surface area contributed by atoms with Crippen molar-refractivity contribution in [2.45, 2.75) is 38.9 Å². The predicted molar refractivity (Wildman–Crippen MR) is 115 cm³/mol. The van der Waals surface area contributed by atoms with Gasteiger partial charge < -0.3 is 14.6 Å². The zero-order chi connectivity index (χ0) is 23.8. The van der Waals surface area contributed by atoms with Crippen molar-refractivity contribution in [3.8, 4) is 6.07 Å². The molecule has 0 aliphatic heterocycles. The summed E-state index contributed by atoms with van der Waals surface area (Å²) in [4.78, 5) is 29.2. The van der Waals surface area contributed by atoms with Gasteiger partial charge in [0.2, 0.25) is 5.82 Å². The second kappa shape index (κ2) is 8.86. The van der Waals surface area contributed by atoms with Crippen molar-refractivity contribution < 1.29 is 27.5 Å². The van der Waals surface area contributed by atoms with Crippen molar-refractivity contribution in [2.24, 2.45) is 5.92 Å². The quantitative estimate of drug-likeness (QED) is 0.554. The molecule has 33 heavy (non-hydrogen) atoms. The lowest BCUT2D eigenvalue weighted by molar-refractivity contribution is -0.152. The van der Waals surface area contributed by atoms with E-state index < -0.39 is 37.0 Å². The third-order valence-corrected chi connectivity index (χ3v) is 6.61. The van der Waals surface area contributed by atoms with Crippen LogP contribution in [-0.4, -0.2) is 28.0 Å². The number of nitrogens with one attached hydrogen (secondary N) is 1. The van der Waals surface area contributed by atoms with E-state index in [1.807, 2.05) is 0 Å². The van der Waals surface area contributed by atoms with Crippen LogP contribution in [0.4, 0.5) is 18.2 Å². The van der Waals surface area contributed by atoms with E-state index in [1.165, 1.54) is 29.5 Å². The van der Waals surface area contributed by atoms with Gasteiger partial charge in [-0.2, -0.15) is 18.4 Å². The number of rotatable bonds is 5. The van der Waals surface area contributed by atoms with E-state index >= 15 is 0 Å². The van der Waals surface area contributed by atoms with E-state index in [4.69, 9.17) is 4.74 Å². The Hall–Kier alpha value is -3.39. The monoisotopic (exact) mass is 476 g/mol. The molecule has 2 aromatic heterocycles. The van der Waals surface area contributed by atoms with Crippen LogP contribution in [0.2, 0.25) is 0 Å². The first-order chi connectivity index (χ1) is 15.7. The van der Waals surface area contributed by atoms with Crippen molar-refractivity contribution in [1.82, 2.24) is 9.55 Å². The third-order valence-electron chi connectivity index (χ3n) is 5.44. The first-order valence-electron chi connectivity index (χ1n) is 10.2. The normalized spacial score (nSPS) is 15.7. The summed E-state index contributed by atoms with van der Waals surface area (Å²) >= 11 is 1.33. The number of carbonyl (C=O) groups is 2. The van der Waals surface area contributed by atoms with Crippen molar-refractivity contribution >= 4 is 39.2 Å². The lowest BCUT2D eigenvalue weighted by Gasteiger charge is -2.17. The number of ether oxygens (including phenoxy) is 1. The van der Waals surface area contributed by atoms with Crippen LogP contribution in [0, 0.1) is 17.2 Å². The van der Waals surface area contributed by atoms with Crippen molar-refractivity contribution in [3.63, 3.8) is 0 Å². The lowest BCUT2D eigenvalue weighted by atomic mass is 9.89. The van der Waals surface area contributed by atoms with Crippen LogP contribution in [0.3, 0.4) is 0 Å². The molecule has 0 spiro atoms. The SMILES string of the molecule is CC1CCc2c(sc(NC(=O)COC(=O)Cn3c(C(F)(F)F)nc4ccccc43)c2C#N)C1. The van der Waals surface area contributed by atoms with Gasteiger partial charge in [0.25, 0.3) is 5.91 Å². The highest BCUT2D eigenvalue weighted by Crippen LogP contribution is 2.39. The minimum atomic E-state index is -4.76. The van der Waals surface area contributed by atoms with Crippen LogP contribution in [0.1, 0.15) is 35.2 Å². The maximum absolute atomic E-state index is 13.4. The number of amides is 1. The fourth-order valence-corrected chi connectivity index (χ4v) is 5.27. The molecule has 172 valence electrons. The molecule has 0 saturated carbocycles. The van der Waals surface area contributed by atoms with Crippen molar-refractivity contribution in [3.05, 3.63) is 46.1 Å². The second-order valence-electron chi connectivity index (χ2n) is 7.88. The number of nitrogens with zero attached hydrogens (tertiary/aromatic N) is 3. The van der Waals surface area contributed by atoms with Crippen molar-refractivity contribution in [1.29, 1.82) is 5.26 Å². The molecule has 1 unspecified atom stereocenters. The Bertz CT molecular complexity index is 1270. The summed E-state index contributed by atoms with van der Waals surface area (Å²) < 4.78 is 45.7. The lowest BCUT2D eigenvalue weighted by Crippen LogP contribution is -2.24. The minimum Gasteiger partial charge on any atom is -0.454 e. The highest BCUT2D eigenvalue weighted by atomic mass is 32.1. The Kier molecular flexibility index (Phi) is 6.12. The average molecular weight is 476 g/mol. The van der Waals surface area contributed by atoms with E-state index in [0.29, 0.717) is 16.5 Å². The van der Waals surface area contributed by atoms with Crippen LogP contribution < -0.4 is 5.32 Å². The number of fused-ring (bicyclic) bond motifs is 2. The highest BCUT2D eigenvalue weighted by molar-refractivity contribution is 7.16. The first-order valence-corrected chi connectivity index (χ1v) is 11.0. The van der Waals surface area contributed by atoms with E-state index in [1.54, 1.807) is 6.07 Å². The second-order valence-corrected chi connectivity index (χ2v) is 8.99. The van der Waals surface area contributed by atoms with Gasteiger partial charge in [-0.25, -0.2) is 4.98 Å². The number of halogens is 3. The highest BCUT2D eigenvalue weighted by Gasteiger charge is 2.38. The zero-order valence-electron chi connectivity index (χ0n) is 17.5. The summed E-state index contributed by atoms with van der Waals surface area (Å²) in [5, 5.41) is 12.5. The molecule has 0 bridgehead atoms. The number of thiophene rings is 1. The van der Waals surface area contributed by atoms with E-state index in [-0.39, 0.29) is 11.0 Å². The Morgan fingerprint density at radius 1 is 1.36 bits per heavy atom. The Labute approximate surface area is 190 Å². The molecule has 1 aliphatic carbocycles. The van der Waals surface area contributed by atoms with Gasteiger partial charge in [-0.3, -0.25) is 9.59 Å². The molecular formula is C22H19F3N4O3S. The largest absolute Gasteiger partial charge is 0.454 e. The maximum Gasteiger partial charge on any atom is 0.449 e. The summed E-state index contributed by atoms with van der Waals surface area (Å²) in [7, 11) is 0. The molecule has 0 saturated heterocycles. The van der Waals surface area contributed by atoms with Gasteiger partial charge in [0.1, 0.15) is 17.6 Å². The number of nitriles is 1. The molecule has 3 aromatic rings. The third kappa shape index (κ3) is 4.71. The fourth-order valence-electron chi connectivity index (χ4n) is 3.89. The fraction of sp³-hybridized carbons (Fsp3) is 0.364. The molecule has 1 aromatic carbocycles. The van der Waals surface area contributed by atoms with Crippen LogP contribution in [0.5, 0.6) is 0 Å².